The third-order valence-electron chi connectivity index (χ3n) is 5.76. The standard InChI is InChI=1S/C14H21NO.C7H15NO/c16-11-13-8-4-5-9-14(13)15-10-12-6-2-1-3-7-12;8-7-4-2-1-3-6(7)5-9/h1-3,6-7,13-16H,4-5,8-11H2;6-7,9H,1-5,8H2/t13-,14-;6-,7-/m00/s1. The largest absolute Gasteiger partial charge is 0.396 e. The molecule has 0 unspecified atom stereocenters. The van der Waals surface area contributed by atoms with E-state index in [0.29, 0.717) is 24.5 Å². The number of nitrogens with one attached hydrogen (secondary N) is 1. The molecular weight excluding hydrogens is 312 g/mol. The lowest BCUT2D eigenvalue weighted by molar-refractivity contribution is 0.152. The smallest absolute Gasteiger partial charge is 0.0474 e. The van der Waals surface area contributed by atoms with Crippen molar-refractivity contribution in [3.05, 3.63) is 35.9 Å². The van der Waals surface area contributed by atoms with Crippen molar-refractivity contribution in [3.63, 3.8) is 0 Å². The minimum Gasteiger partial charge on any atom is -0.396 e. The van der Waals surface area contributed by atoms with Crippen LogP contribution in [0, 0.1) is 11.8 Å². The zero-order chi connectivity index (χ0) is 17.9. The molecular formula is C21H36N2O2. The highest BCUT2D eigenvalue weighted by Gasteiger charge is 2.23. The van der Waals surface area contributed by atoms with E-state index in [0.717, 1.165) is 19.4 Å². The topological polar surface area (TPSA) is 78.5 Å². The van der Waals surface area contributed by atoms with E-state index >= 15 is 0 Å². The number of nitrogens with two attached hydrogens (primary N) is 1. The van der Waals surface area contributed by atoms with Gasteiger partial charge >= 0.3 is 0 Å². The first-order valence-corrected chi connectivity index (χ1v) is 9.99. The second-order valence-electron chi connectivity index (χ2n) is 7.59. The van der Waals surface area contributed by atoms with Crippen molar-refractivity contribution in [2.75, 3.05) is 13.2 Å². The molecule has 0 bridgehead atoms. The molecule has 2 fully saturated rings. The second-order valence-corrected chi connectivity index (χ2v) is 7.59. The van der Waals surface area contributed by atoms with Crippen LogP contribution >= 0.6 is 0 Å². The first-order chi connectivity index (χ1) is 12.2. The Kier molecular flexibility index (Phi) is 9.48. The van der Waals surface area contributed by atoms with Gasteiger partial charge in [0.2, 0.25) is 0 Å². The van der Waals surface area contributed by atoms with E-state index in [2.05, 4.69) is 29.6 Å². The van der Waals surface area contributed by atoms with Crippen molar-refractivity contribution < 1.29 is 10.2 Å². The third kappa shape index (κ3) is 7.06. The Morgan fingerprint density at radius 1 is 0.840 bits per heavy atom. The molecule has 25 heavy (non-hydrogen) atoms. The summed E-state index contributed by atoms with van der Waals surface area (Å²) >= 11 is 0. The summed E-state index contributed by atoms with van der Waals surface area (Å²) in [6.07, 6.45) is 9.66. The molecule has 3 rings (SSSR count). The fourth-order valence-electron chi connectivity index (χ4n) is 4.00. The van der Waals surface area contributed by atoms with E-state index < -0.39 is 0 Å². The molecule has 5 N–H and O–H groups in total. The first kappa shape index (κ1) is 20.4. The van der Waals surface area contributed by atoms with Crippen LogP contribution in [0.15, 0.2) is 30.3 Å². The van der Waals surface area contributed by atoms with Crippen molar-refractivity contribution in [3.8, 4) is 0 Å². The summed E-state index contributed by atoms with van der Waals surface area (Å²) in [5.41, 5.74) is 7.05. The van der Waals surface area contributed by atoms with Crippen LogP contribution in [0.5, 0.6) is 0 Å². The van der Waals surface area contributed by atoms with Gasteiger partial charge in [0, 0.05) is 31.8 Å². The Morgan fingerprint density at radius 3 is 2.04 bits per heavy atom. The third-order valence-corrected chi connectivity index (χ3v) is 5.76. The maximum absolute atomic E-state index is 9.32. The van der Waals surface area contributed by atoms with Gasteiger partial charge in [-0.15, -0.1) is 0 Å². The second kappa shape index (κ2) is 11.6. The molecule has 0 aliphatic heterocycles. The van der Waals surface area contributed by atoms with Gasteiger partial charge in [0.25, 0.3) is 0 Å². The van der Waals surface area contributed by atoms with Crippen LogP contribution < -0.4 is 11.1 Å². The van der Waals surface area contributed by atoms with Crippen LogP contribution in [0.1, 0.15) is 56.9 Å². The highest BCUT2D eigenvalue weighted by atomic mass is 16.3. The van der Waals surface area contributed by atoms with Crippen molar-refractivity contribution in [1.29, 1.82) is 0 Å². The zero-order valence-corrected chi connectivity index (χ0v) is 15.4. The Balaban J connectivity index is 0.000000212. The number of hydrogen-bond acceptors (Lipinski definition) is 4. The molecule has 0 radical (unpaired) electrons. The van der Waals surface area contributed by atoms with Gasteiger partial charge < -0.3 is 21.3 Å². The average Bonchev–Trinajstić information content (AvgIpc) is 2.68. The minimum absolute atomic E-state index is 0.267. The van der Waals surface area contributed by atoms with Crippen LogP contribution in [-0.2, 0) is 6.54 Å². The predicted molar refractivity (Wildman–Crippen MR) is 103 cm³/mol. The van der Waals surface area contributed by atoms with Gasteiger partial charge in [-0.1, -0.05) is 56.0 Å². The van der Waals surface area contributed by atoms with Crippen molar-refractivity contribution in [1.82, 2.24) is 5.32 Å². The van der Waals surface area contributed by atoms with E-state index in [1.807, 2.05) is 6.07 Å². The molecule has 2 saturated carbocycles. The van der Waals surface area contributed by atoms with Gasteiger partial charge in [0.1, 0.15) is 0 Å². The monoisotopic (exact) mass is 348 g/mol. The summed E-state index contributed by atoms with van der Waals surface area (Å²) in [5, 5.41) is 21.7. The molecule has 0 amide bonds. The Bertz CT molecular complexity index is 454. The summed E-state index contributed by atoms with van der Waals surface area (Å²) in [5.74, 6) is 0.844. The van der Waals surface area contributed by atoms with Crippen molar-refractivity contribution >= 4 is 0 Å². The molecule has 4 atom stereocenters. The Morgan fingerprint density at radius 2 is 1.44 bits per heavy atom. The van der Waals surface area contributed by atoms with Gasteiger partial charge in [0.05, 0.1) is 0 Å². The van der Waals surface area contributed by atoms with Gasteiger partial charge in [-0.25, -0.2) is 0 Å². The number of aliphatic hydroxyl groups excluding tert-OH is 2. The number of hydrogen-bond donors (Lipinski definition) is 4. The molecule has 4 nitrogen and oxygen atoms in total. The van der Waals surface area contributed by atoms with Gasteiger partial charge in [-0.2, -0.15) is 0 Å². The van der Waals surface area contributed by atoms with Crippen LogP contribution in [-0.4, -0.2) is 35.5 Å². The van der Waals surface area contributed by atoms with E-state index in [-0.39, 0.29) is 12.6 Å². The fourth-order valence-corrected chi connectivity index (χ4v) is 4.00. The van der Waals surface area contributed by atoms with E-state index in [1.54, 1.807) is 0 Å². The van der Waals surface area contributed by atoms with Gasteiger partial charge in [-0.05, 0) is 43.1 Å². The van der Waals surface area contributed by atoms with E-state index in [9.17, 15) is 5.11 Å². The van der Waals surface area contributed by atoms with E-state index in [4.69, 9.17) is 10.8 Å². The number of benzene rings is 1. The molecule has 1 aromatic carbocycles. The van der Waals surface area contributed by atoms with E-state index in [1.165, 1.54) is 44.1 Å². The highest BCUT2D eigenvalue weighted by molar-refractivity contribution is 5.14. The Labute approximate surface area is 152 Å². The maximum atomic E-state index is 9.32. The Hall–Kier alpha value is -0.940. The van der Waals surface area contributed by atoms with Gasteiger partial charge in [0.15, 0.2) is 0 Å². The average molecular weight is 349 g/mol. The van der Waals surface area contributed by atoms with Crippen LogP contribution in [0.25, 0.3) is 0 Å². The van der Waals surface area contributed by atoms with Crippen molar-refractivity contribution in [2.24, 2.45) is 17.6 Å². The summed E-state index contributed by atoms with van der Waals surface area (Å²) in [6.45, 7) is 1.52. The summed E-state index contributed by atoms with van der Waals surface area (Å²) in [6, 6.07) is 11.2. The predicted octanol–water partition coefficient (Wildman–Crippen LogP) is 2.82. The van der Waals surface area contributed by atoms with Crippen LogP contribution in [0.2, 0.25) is 0 Å². The lowest BCUT2D eigenvalue weighted by atomic mass is 9.85. The maximum Gasteiger partial charge on any atom is 0.0474 e. The molecule has 4 heteroatoms. The molecule has 142 valence electrons. The summed E-state index contributed by atoms with van der Waals surface area (Å²) < 4.78 is 0. The molecule has 2 aliphatic carbocycles. The summed E-state index contributed by atoms with van der Waals surface area (Å²) in [7, 11) is 0. The molecule has 0 saturated heterocycles. The number of aliphatic hydroxyl groups is 2. The van der Waals surface area contributed by atoms with Crippen LogP contribution in [0.3, 0.4) is 0 Å². The fraction of sp³-hybridized carbons (Fsp3) is 0.714. The first-order valence-electron chi connectivity index (χ1n) is 9.99. The summed E-state index contributed by atoms with van der Waals surface area (Å²) in [4.78, 5) is 0. The lowest BCUT2D eigenvalue weighted by Gasteiger charge is -2.31. The van der Waals surface area contributed by atoms with Crippen molar-refractivity contribution in [2.45, 2.75) is 70.0 Å². The highest BCUT2D eigenvalue weighted by Crippen LogP contribution is 2.24. The molecule has 2 aliphatic rings. The normalized spacial score (nSPS) is 29.6. The van der Waals surface area contributed by atoms with Crippen LogP contribution in [0.4, 0.5) is 0 Å². The molecule has 0 spiro atoms. The zero-order valence-electron chi connectivity index (χ0n) is 15.4. The quantitative estimate of drug-likeness (QED) is 0.660. The molecule has 1 aromatic rings. The minimum atomic E-state index is 0.267. The lowest BCUT2D eigenvalue weighted by Crippen LogP contribution is -2.39. The SMILES string of the molecule is N[C@H]1CCCC[C@H]1CO.OC[C@@H]1CCCC[C@@H]1NCc1ccccc1. The molecule has 0 heterocycles. The number of rotatable bonds is 5. The van der Waals surface area contributed by atoms with Gasteiger partial charge in [-0.3, -0.25) is 0 Å². The molecule has 0 aromatic heterocycles.